The molecule has 0 amide bonds. The third-order valence-corrected chi connectivity index (χ3v) is 3.46. The van der Waals surface area contributed by atoms with Crippen molar-refractivity contribution in [2.24, 2.45) is 0 Å². The molecule has 1 aliphatic carbocycles. The van der Waals surface area contributed by atoms with Crippen LogP contribution in [0.1, 0.15) is 24.8 Å². The minimum absolute atomic E-state index is 0.370. The highest BCUT2D eigenvalue weighted by molar-refractivity contribution is 6.30. The van der Waals surface area contributed by atoms with Gasteiger partial charge in [0.25, 0.3) is 0 Å². The number of hydrogen-bond acceptors (Lipinski definition) is 4. The Bertz CT molecular complexity index is 372. The molecule has 2 atom stereocenters. The van der Waals surface area contributed by atoms with E-state index in [9.17, 15) is 0 Å². The molecular formula is C11H16ClN3O. The molecule has 0 radical (unpaired) electrons. The Hall–Kier alpha value is -0.870. The maximum atomic E-state index is 5.94. The molecule has 2 rings (SSSR count). The van der Waals surface area contributed by atoms with Crippen molar-refractivity contribution in [1.82, 2.24) is 9.97 Å². The number of aromatic nitrogens is 2. The van der Waals surface area contributed by atoms with Gasteiger partial charge in [-0.3, -0.25) is 0 Å². The van der Waals surface area contributed by atoms with Crippen molar-refractivity contribution in [3.8, 4) is 0 Å². The van der Waals surface area contributed by atoms with Crippen LogP contribution < -0.4 is 5.32 Å². The van der Waals surface area contributed by atoms with Gasteiger partial charge in [0.1, 0.15) is 17.3 Å². The Morgan fingerprint density at radius 2 is 2.25 bits per heavy atom. The Morgan fingerprint density at radius 1 is 1.44 bits per heavy atom. The summed E-state index contributed by atoms with van der Waals surface area (Å²) in [7, 11) is 1.76. The standard InChI is InChI=1S/C11H16ClN3O/c1-7-10(12)13-6-14-11(7)15-8-3-4-9(5-8)16-2/h6,8-9H,3-5H2,1-2H3,(H,13,14,15). The van der Waals surface area contributed by atoms with Gasteiger partial charge in [0.2, 0.25) is 0 Å². The zero-order valence-corrected chi connectivity index (χ0v) is 10.3. The van der Waals surface area contributed by atoms with Gasteiger partial charge < -0.3 is 10.1 Å². The Balaban J connectivity index is 2.02. The lowest BCUT2D eigenvalue weighted by molar-refractivity contribution is 0.108. The van der Waals surface area contributed by atoms with Crippen LogP contribution in [0.15, 0.2) is 6.33 Å². The summed E-state index contributed by atoms with van der Waals surface area (Å²) >= 11 is 5.94. The fourth-order valence-electron chi connectivity index (χ4n) is 2.05. The van der Waals surface area contributed by atoms with Crippen molar-refractivity contribution >= 4 is 17.4 Å². The van der Waals surface area contributed by atoms with Crippen LogP contribution in [0.25, 0.3) is 0 Å². The van der Waals surface area contributed by atoms with E-state index in [4.69, 9.17) is 16.3 Å². The molecule has 1 heterocycles. The highest BCUT2D eigenvalue weighted by Gasteiger charge is 2.25. The van der Waals surface area contributed by atoms with Crippen molar-refractivity contribution in [2.45, 2.75) is 38.3 Å². The highest BCUT2D eigenvalue weighted by atomic mass is 35.5. The molecule has 0 saturated heterocycles. The van der Waals surface area contributed by atoms with Crippen LogP contribution in [0.3, 0.4) is 0 Å². The normalized spacial score (nSPS) is 24.7. The molecule has 1 N–H and O–H groups in total. The Labute approximate surface area is 100 Å². The number of rotatable bonds is 3. The first-order chi connectivity index (χ1) is 7.70. The summed E-state index contributed by atoms with van der Waals surface area (Å²) in [6.07, 6.45) is 5.10. The molecular weight excluding hydrogens is 226 g/mol. The summed E-state index contributed by atoms with van der Waals surface area (Å²) < 4.78 is 5.33. The molecule has 0 spiro atoms. The largest absolute Gasteiger partial charge is 0.381 e. The summed E-state index contributed by atoms with van der Waals surface area (Å²) in [6.45, 7) is 1.92. The van der Waals surface area contributed by atoms with Gasteiger partial charge in [0.05, 0.1) is 6.10 Å². The first-order valence-corrected chi connectivity index (χ1v) is 5.85. The van der Waals surface area contributed by atoms with E-state index in [1.54, 1.807) is 7.11 Å². The topological polar surface area (TPSA) is 47.0 Å². The van der Waals surface area contributed by atoms with Crippen LogP contribution in [-0.4, -0.2) is 29.2 Å². The zero-order chi connectivity index (χ0) is 11.5. The van der Waals surface area contributed by atoms with E-state index in [0.717, 1.165) is 30.6 Å². The highest BCUT2D eigenvalue weighted by Crippen LogP contribution is 2.26. The van der Waals surface area contributed by atoms with Crippen LogP contribution in [0, 0.1) is 6.92 Å². The van der Waals surface area contributed by atoms with Gasteiger partial charge in [-0.25, -0.2) is 9.97 Å². The fourth-order valence-corrected chi connectivity index (χ4v) is 2.19. The van der Waals surface area contributed by atoms with Crippen molar-refractivity contribution in [2.75, 3.05) is 12.4 Å². The minimum Gasteiger partial charge on any atom is -0.381 e. The van der Waals surface area contributed by atoms with Gasteiger partial charge in [0.15, 0.2) is 0 Å². The molecule has 1 saturated carbocycles. The molecule has 0 aromatic carbocycles. The molecule has 1 aliphatic rings. The zero-order valence-electron chi connectivity index (χ0n) is 9.53. The molecule has 1 aromatic rings. The summed E-state index contributed by atoms with van der Waals surface area (Å²) in [5, 5.41) is 3.91. The number of ether oxygens (including phenoxy) is 1. The lowest BCUT2D eigenvalue weighted by Gasteiger charge is -2.15. The van der Waals surface area contributed by atoms with Crippen LogP contribution >= 0.6 is 11.6 Å². The third kappa shape index (κ3) is 2.44. The second kappa shape index (κ2) is 4.97. The Morgan fingerprint density at radius 3 is 2.94 bits per heavy atom. The predicted molar refractivity (Wildman–Crippen MR) is 63.8 cm³/mol. The third-order valence-electron chi connectivity index (χ3n) is 3.08. The van der Waals surface area contributed by atoms with E-state index in [2.05, 4.69) is 15.3 Å². The molecule has 0 bridgehead atoms. The molecule has 5 heteroatoms. The van der Waals surface area contributed by atoms with Gasteiger partial charge >= 0.3 is 0 Å². The number of anilines is 1. The van der Waals surface area contributed by atoms with Crippen LogP contribution in [-0.2, 0) is 4.74 Å². The SMILES string of the molecule is COC1CCC(Nc2ncnc(Cl)c2C)C1. The Kier molecular flexibility index (Phi) is 3.61. The number of hydrogen-bond donors (Lipinski definition) is 1. The van der Waals surface area contributed by atoms with Crippen LogP contribution in [0.5, 0.6) is 0 Å². The monoisotopic (exact) mass is 241 g/mol. The maximum absolute atomic E-state index is 5.94. The average Bonchev–Trinajstić information content (AvgIpc) is 2.73. The predicted octanol–water partition coefficient (Wildman–Crippen LogP) is 2.42. The summed E-state index contributed by atoms with van der Waals surface area (Å²) in [6, 6.07) is 0.426. The van der Waals surface area contributed by atoms with E-state index in [1.165, 1.54) is 6.33 Å². The maximum Gasteiger partial charge on any atom is 0.137 e. The summed E-state index contributed by atoms with van der Waals surface area (Å²) in [4.78, 5) is 8.14. The van der Waals surface area contributed by atoms with Gasteiger partial charge in [-0.2, -0.15) is 0 Å². The second-order valence-electron chi connectivity index (χ2n) is 4.15. The lowest BCUT2D eigenvalue weighted by Crippen LogP contribution is -2.18. The molecule has 0 aliphatic heterocycles. The lowest BCUT2D eigenvalue weighted by atomic mass is 10.2. The minimum atomic E-state index is 0.370. The smallest absolute Gasteiger partial charge is 0.137 e. The van der Waals surface area contributed by atoms with Crippen LogP contribution in [0.4, 0.5) is 5.82 Å². The molecule has 88 valence electrons. The number of halogens is 1. The molecule has 1 fully saturated rings. The summed E-state index contributed by atoms with van der Waals surface area (Å²) in [5.41, 5.74) is 0.907. The quantitative estimate of drug-likeness (QED) is 0.826. The average molecular weight is 242 g/mol. The first-order valence-electron chi connectivity index (χ1n) is 5.47. The molecule has 2 unspecified atom stereocenters. The number of nitrogens with one attached hydrogen (secondary N) is 1. The fraction of sp³-hybridized carbons (Fsp3) is 0.636. The van der Waals surface area contributed by atoms with Crippen molar-refractivity contribution in [1.29, 1.82) is 0 Å². The number of nitrogens with zero attached hydrogens (tertiary/aromatic N) is 2. The number of methoxy groups -OCH3 is 1. The molecule has 1 aromatic heterocycles. The van der Waals surface area contributed by atoms with Gasteiger partial charge in [-0.05, 0) is 26.2 Å². The van der Waals surface area contributed by atoms with E-state index in [0.29, 0.717) is 17.3 Å². The van der Waals surface area contributed by atoms with Gasteiger partial charge in [-0.15, -0.1) is 0 Å². The van der Waals surface area contributed by atoms with Crippen molar-refractivity contribution in [3.05, 3.63) is 17.0 Å². The van der Waals surface area contributed by atoms with Gasteiger partial charge in [0, 0.05) is 18.7 Å². The van der Waals surface area contributed by atoms with Crippen molar-refractivity contribution in [3.63, 3.8) is 0 Å². The van der Waals surface area contributed by atoms with E-state index < -0.39 is 0 Å². The summed E-state index contributed by atoms with van der Waals surface area (Å²) in [5.74, 6) is 0.835. The molecule has 16 heavy (non-hydrogen) atoms. The van der Waals surface area contributed by atoms with E-state index in [1.807, 2.05) is 6.92 Å². The van der Waals surface area contributed by atoms with Crippen molar-refractivity contribution < 1.29 is 4.74 Å². The van der Waals surface area contributed by atoms with E-state index in [-0.39, 0.29) is 0 Å². The first kappa shape index (κ1) is 11.6. The van der Waals surface area contributed by atoms with E-state index >= 15 is 0 Å². The second-order valence-corrected chi connectivity index (χ2v) is 4.51. The van der Waals surface area contributed by atoms with Gasteiger partial charge in [-0.1, -0.05) is 11.6 Å². The molecule has 4 nitrogen and oxygen atoms in total. The van der Waals surface area contributed by atoms with Crippen LogP contribution in [0.2, 0.25) is 5.15 Å².